The number of rotatable bonds is 4. The smallest absolute Gasteiger partial charge is 0.102 e. The highest BCUT2D eigenvalue weighted by molar-refractivity contribution is 5.49. The molecule has 0 aliphatic heterocycles. The monoisotopic (exact) mass is 190 g/mol. The van der Waals surface area contributed by atoms with E-state index in [-0.39, 0.29) is 0 Å². The van der Waals surface area contributed by atoms with E-state index in [0.29, 0.717) is 0 Å². The van der Waals surface area contributed by atoms with Gasteiger partial charge in [-0.15, -0.1) is 6.58 Å². The molecule has 0 aliphatic rings. The van der Waals surface area contributed by atoms with Crippen molar-refractivity contribution < 1.29 is 10.2 Å². The molecule has 0 aromatic heterocycles. The second kappa shape index (κ2) is 5.37. The molecule has 2 N–H and O–H groups in total. The van der Waals surface area contributed by atoms with Crippen LogP contribution in [0.5, 0.6) is 0 Å². The number of hydrogen-bond donors (Lipinski definition) is 2. The molecule has 0 aliphatic carbocycles. The third-order valence-corrected chi connectivity index (χ3v) is 1.88. The van der Waals surface area contributed by atoms with E-state index < -0.39 is 12.2 Å². The second-order valence-corrected chi connectivity index (χ2v) is 2.99. The number of hydrogen-bond acceptors (Lipinski definition) is 2. The highest BCUT2D eigenvalue weighted by Gasteiger charge is 2.07. The van der Waals surface area contributed by atoms with Gasteiger partial charge in [-0.05, 0) is 5.56 Å². The normalized spacial score (nSPS) is 15.3. The van der Waals surface area contributed by atoms with Crippen molar-refractivity contribution in [2.24, 2.45) is 0 Å². The third-order valence-electron chi connectivity index (χ3n) is 1.88. The Bertz CT molecular complexity index is 303. The van der Waals surface area contributed by atoms with E-state index in [1.54, 1.807) is 12.2 Å². The highest BCUT2D eigenvalue weighted by atomic mass is 16.3. The predicted molar refractivity (Wildman–Crippen MR) is 57.7 cm³/mol. The molecule has 2 unspecified atom stereocenters. The quantitative estimate of drug-likeness (QED) is 0.708. The van der Waals surface area contributed by atoms with E-state index >= 15 is 0 Å². The maximum Gasteiger partial charge on any atom is 0.102 e. The van der Waals surface area contributed by atoms with Crippen molar-refractivity contribution in [1.29, 1.82) is 0 Å². The lowest BCUT2D eigenvalue weighted by Crippen LogP contribution is -2.20. The van der Waals surface area contributed by atoms with E-state index in [0.717, 1.165) is 5.56 Å². The Morgan fingerprint density at radius 3 is 2.29 bits per heavy atom. The van der Waals surface area contributed by atoms with Crippen LogP contribution >= 0.6 is 0 Å². The van der Waals surface area contributed by atoms with E-state index in [1.165, 1.54) is 6.08 Å². The van der Waals surface area contributed by atoms with Crippen molar-refractivity contribution in [1.82, 2.24) is 0 Å². The first-order chi connectivity index (χ1) is 6.74. The van der Waals surface area contributed by atoms with Crippen LogP contribution in [-0.4, -0.2) is 22.4 Å². The average molecular weight is 190 g/mol. The molecule has 1 aromatic rings. The van der Waals surface area contributed by atoms with Crippen LogP contribution in [0.1, 0.15) is 5.56 Å². The lowest BCUT2D eigenvalue weighted by Gasteiger charge is -2.08. The summed E-state index contributed by atoms with van der Waals surface area (Å²) in [7, 11) is 0. The molecule has 0 saturated heterocycles. The van der Waals surface area contributed by atoms with Gasteiger partial charge in [0.25, 0.3) is 0 Å². The summed E-state index contributed by atoms with van der Waals surface area (Å²) in [5.41, 5.74) is 0.989. The predicted octanol–water partition coefficient (Wildman–Crippen LogP) is 1.61. The van der Waals surface area contributed by atoms with Gasteiger partial charge in [0.1, 0.15) is 12.2 Å². The molecular weight excluding hydrogens is 176 g/mol. The van der Waals surface area contributed by atoms with Gasteiger partial charge in [-0.1, -0.05) is 48.6 Å². The summed E-state index contributed by atoms with van der Waals surface area (Å²) in [4.78, 5) is 0. The number of benzene rings is 1. The molecule has 0 amide bonds. The first-order valence-corrected chi connectivity index (χ1v) is 4.46. The summed E-state index contributed by atoms with van der Waals surface area (Å²) in [6, 6.07) is 9.59. The first kappa shape index (κ1) is 10.7. The second-order valence-electron chi connectivity index (χ2n) is 2.99. The Labute approximate surface area is 83.8 Å². The fourth-order valence-electron chi connectivity index (χ4n) is 1.03. The summed E-state index contributed by atoms with van der Waals surface area (Å²) < 4.78 is 0. The Balaban J connectivity index is 2.60. The maximum atomic E-state index is 9.37. The topological polar surface area (TPSA) is 40.5 Å². The number of aliphatic hydroxyl groups is 2. The third kappa shape index (κ3) is 3.17. The fraction of sp³-hybridized carbons (Fsp3) is 0.167. The van der Waals surface area contributed by atoms with Gasteiger partial charge in [-0.2, -0.15) is 0 Å². The van der Waals surface area contributed by atoms with Crippen molar-refractivity contribution in [3.8, 4) is 0 Å². The molecular formula is C12H14O2. The fourth-order valence-corrected chi connectivity index (χ4v) is 1.03. The van der Waals surface area contributed by atoms with E-state index in [2.05, 4.69) is 6.58 Å². The Morgan fingerprint density at radius 1 is 1.07 bits per heavy atom. The van der Waals surface area contributed by atoms with E-state index in [9.17, 15) is 10.2 Å². The summed E-state index contributed by atoms with van der Waals surface area (Å²) in [6.07, 6.45) is 2.81. The lowest BCUT2D eigenvalue weighted by molar-refractivity contribution is 0.0816. The molecule has 1 rings (SSSR count). The molecule has 0 radical (unpaired) electrons. The van der Waals surface area contributed by atoms with Crippen LogP contribution in [0.15, 0.2) is 49.1 Å². The van der Waals surface area contributed by atoms with Crippen molar-refractivity contribution in [3.05, 3.63) is 54.6 Å². The van der Waals surface area contributed by atoms with Gasteiger partial charge in [0.2, 0.25) is 0 Å². The van der Waals surface area contributed by atoms with Crippen LogP contribution in [0.2, 0.25) is 0 Å². The van der Waals surface area contributed by atoms with Crippen LogP contribution < -0.4 is 0 Å². The van der Waals surface area contributed by atoms with Crippen molar-refractivity contribution >= 4 is 6.08 Å². The minimum Gasteiger partial charge on any atom is -0.386 e. The Hall–Kier alpha value is -1.38. The molecule has 74 valence electrons. The molecule has 2 heteroatoms. The molecule has 0 fully saturated rings. The average Bonchev–Trinajstić information content (AvgIpc) is 2.26. The zero-order chi connectivity index (χ0) is 10.4. The SMILES string of the molecule is C=CC(O)C(O)C=Cc1ccccc1. The summed E-state index contributed by atoms with van der Waals surface area (Å²) in [5.74, 6) is 0. The zero-order valence-corrected chi connectivity index (χ0v) is 7.88. The Kier molecular flexibility index (Phi) is 4.11. The molecule has 2 nitrogen and oxygen atoms in total. The minimum absolute atomic E-state index is 0.896. The van der Waals surface area contributed by atoms with Crippen molar-refractivity contribution in [3.63, 3.8) is 0 Å². The van der Waals surface area contributed by atoms with Crippen LogP contribution in [-0.2, 0) is 0 Å². The van der Waals surface area contributed by atoms with Gasteiger partial charge in [0.05, 0.1) is 0 Å². The van der Waals surface area contributed by atoms with E-state index in [1.807, 2.05) is 30.3 Å². The minimum atomic E-state index is -0.907. The summed E-state index contributed by atoms with van der Waals surface area (Å²) in [6.45, 7) is 3.39. The molecule has 1 aromatic carbocycles. The van der Waals surface area contributed by atoms with Crippen LogP contribution in [0.4, 0.5) is 0 Å². The van der Waals surface area contributed by atoms with Gasteiger partial charge >= 0.3 is 0 Å². The van der Waals surface area contributed by atoms with E-state index in [4.69, 9.17) is 0 Å². The highest BCUT2D eigenvalue weighted by Crippen LogP contribution is 2.04. The van der Waals surface area contributed by atoms with Crippen molar-refractivity contribution in [2.45, 2.75) is 12.2 Å². The molecule has 14 heavy (non-hydrogen) atoms. The van der Waals surface area contributed by atoms with Crippen molar-refractivity contribution in [2.75, 3.05) is 0 Å². The van der Waals surface area contributed by atoms with Gasteiger partial charge in [0, 0.05) is 0 Å². The zero-order valence-electron chi connectivity index (χ0n) is 7.88. The molecule has 0 bridgehead atoms. The van der Waals surface area contributed by atoms with Gasteiger partial charge in [0.15, 0.2) is 0 Å². The molecule has 0 heterocycles. The summed E-state index contributed by atoms with van der Waals surface area (Å²) in [5, 5.41) is 18.6. The number of aliphatic hydroxyl groups excluding tert-OH is 2. The molecule has 0 saturated carbocycles. The molecule has 0 spiro atoms. The standard InChI is InChI=1S/C12H14O2/c1-2-11(13)12(14)9-8-10-6-4-3-5-7-10/h2-9,11-14H,1H2. The maximum absolute atomic E-state index is 9.37. The lowest BCUT2D eigenvalue weighted by atomic mass is 10.1. The van der Waals surface area contributed by atoms with Gasteiger partial charge in [-0.25, -0.2) is 0 Å². The summed E-state index contributed by atoms with van der Waals surface area (Å²) >= 11 is 0. The molecule has 2 atom stereocenters. The largest absolute Gasteiger partial charge is 0.386 e. The van der Waals surface area contributed by atoms with Crippen LogP contribution in [0.3, 0.4) is 0 Å². The van der Waals surface area contributed by atoms with Crippen LogP contribution in [0, 0.1) is 0 Å². The Morgan fingerprint density at radius 2 is 1.71 bits per heavy atom. The van der Waals surface area contributed by atoms with Gasteiger partial charge in [-0.3, -0.25) is 0 Å². The van der Waals surface area contributed by atoms with Gasteiger partial charge < -0.3 is 10.2 Å². The van der Waals surface area contributed by atoms with Crippen LogP contribution in [0.25, 0.3) is 6.08 Å². The first-order valence-electron chi connectivity index (χ1n) is 4.46.